The maximum Gasteiger partial charge on any atom is 0.258 e. The standard InChI is InChI=1S/C25H32N4O4S2/c1-4-22(34-3)29(32)35-27-13-6-8-17(16-27)24(30)26-20-11-12-21-23-18(20)9-5-10-19(23)25(31)28(21)14-7-15-33-2/h4-5,9-12,17,32H,6-8,13-16H2,1-3H3,(H,26,30)/b22-4+. The lowest BCUT2D eigenvalue weighted by molar-refractivity contribution is -0.120. The lowest BCUT2D eigenvalue weighted by Gasteiger charge is -2.33. The zero-order valence-electron chi connectivity index (χ0n) is 20.3. The molecule has 2 N–H and O–H groups in total. The molecule has 0 saturated carbocycles. The normalized spacial score (nSPS) is 18.4. The van der Waals surface area contributed by atoms with Crippen molar-refractivity contribution in [1.82, 2.24) is 8.77 Å². The number of rotatable bonds is 10. The van der Waals surface area contributed by atoms with Crippen LogP contribution in [0.25, 0.3) is 10.8 Å². The number of amides is 2. The molecule has 10 heteroatoms. The van der Waals surface area contributed by atoms with Crippen molar-refractivity contribution >= 4 is 57.9 Å². The van der Waals surface area contributed by atoms with Crippen LogP contribution < -0.4 is 10.2 Å². The molecule has 4 rings (SSSR count). The minimum atomic E-state index is -0.191. The Labute approximate surface area is 214 Å². The van der Waals surface area contributed by atoms with Gasteiger partial charge in [0.25, 0.3) is 5.91 Å². The van der Waals surface area contributed by atoms with Gasteiger partial charge in [0.1, 0.15) is 5.03 Å². The number of carbonyl (C=O) groups excluding carboxylic acids is 2. The van der Waals surface area contributed by atoms with E-state index in [0.29, 0.717) is 30.9 Å². The molecule has 2 amide bonds. The predicted octanol–water partition coefficient (Wildman–Crippen LogP) is 4.97. The third-order valence-electron chi connectivity index (χ3n) is 6.37. The SMILES string of the molecule is C/C=C(/SC)N(O)SN1CCCC(C(=O)Nc2ccc3c4c(cccc24)C(=O)N3CCCOC)C1. The Hall–Kier alpha value is -2.24. The van der Waals surface area contributed by atoms with Gasteiger partial charge in [-0.05, 0) is 50.6 Å². The zero-order valence-corrected chi connectivity index (χ0v) is 22.0. The van der Waals surface area contributed by atoms with Crippen molar-refractivity contribution in [2.75, 3.05) is 49.8 Å². The highest BCUT2D eigenvalue weighted by atomic mass is 32.2. The van der Waals surface area contributed by atoms with Crippen molar-refractivity contribution in [3.63, 3.8) is 0 Å². The minimum Gasteiger partial charge on any atom is -0.385 e. The number of allylic oxidation sites excluding steroid dienone is 1. The topological polar surface area (TPSA) is 85.3 Å². The number of thioether (sulfide) groups is 1. The minimum absolute atomic E-state index is 0.00979. The Morgan fingerprint density at radius 3 is 2.91 bits per heavy atom. The Balaban J connectivity index is 1.49. The molecule has 35 heavy (non-hydrogen) atoms. The molecule has 2 aliphatic heterocycles. The summed E-state index contributed by atoms with van der Waals surface area (Å²) in [6.07, 6.45) is 6.18. The van der Waals surface area contributed by atoms with Crippen LogP contribution in [0.2, 0.25) is 0 Å². The van der Waals surface area contributed by atoms with Crippen LogP contribution in [0.4, 0.5) is 11.4 Å². The summed E-state index contributed by atoms with van der Waals surface area (Å²) in [5.74, 6) is -0.245. The van der Waals surface area contributed by atoms with E-state index in [0.717, 1.165) is 51.8 Å². The fourth-order valence-corrected chi connectivity index (χ4v) is 6.24. The monoisotopic (exact) mass is 516 g/mol. The summed E-state index contributed by atoms with van der Waals surface area (Å²) in [5.41, 5.74) is 2.27. The quantitative estimate of drug-likeness (QED) is 0.260. The highest BCUT2D eigenvalue weighted by Crippen LogP contribution is 2.41. The van der Waals surface area contributed by atoms with Crippen molar-refractivity contribution in [2.45, 2.75) is 26.2 Å². The number of piperidine rings is 1. The molecular formula is C25H32N4O4S2. The largest absolute Gasteiger partial charge is 0.385 e. The first-order chi connectivity index (χ1) is 17.0. The Kier molecular flexibility index (Phi) is 8.61. The third kappa shape index (κ3) is 5.46. The summed E-state index contributed by atoms with van der Waals surface area (Å²) >= 11 is 2.70. The van der Waals surface area contributed by atoms with Crippen LogP contribution in [-0.2, 0) is 9.53 Å². The molecule has 1 unspecified atom stereocenters. The molecule has 1 atom stereocenters. The summed E-state index contributed by atoms with van der Waals surface area (Å²) in [6, 6.07) is 9.49. The first-order valence-corrected chi connectivity index (χ1v) is 13.7. The Bertz CT molecular complexity index is 1130. The van der Waals surface area contributed by atoms with Gasteiger partial charge in [-0.3, -0.25) is 14.8 Å². The van der Waals surface area contributed by atoms with Gasteiger partial charge in [-0.1, -0.05) is 18.2 Å². The van der Waals surface area contributed by atoms with Crippen LogP contribution in [0.5, 0.6) is 0 Å². The van der Waals surface area contributed by atoms with Gasteiger partial charge in [0.05, 0.1) is 23.7 Å². The van der Waals surface area contributed by atoms with E-state index in [1.54, 1.807) is 12.0 Å². The van der Waals surface area contributed by atoms with Gasteiger partial charge in [0, 0.05) is 55.4 Å². The maximum atomic E-state index is 13.2. The van der Waals surface area contributed by atoms with Crippen molar-refractivity contribution in [1.29, 1.82) is 0 Å². The van der Waals surface area contributed by atoms with Crippen LogP contribution >= 0.6 is 23.9 Å². The molecule has 2 aromatic rings. The molecule has 0 aliphatic carbocycles. The molecular weight excluding hydrogens is 484 g/mol. The van der Waals surface area contributed by atoms with Gasteiger partial charge in [0.15, 0.2) is 0 Å². The second-order valence-electron chi connectivity index (χ2n) is 8.57. The molecule has 188 valence electrons. The molecule has 0 bridgehead atoms. The number of carbonyl (C=O) groups is 2. The van der Waals surface area contributed by atoms with E-state index in [1.165, 1.54) is 23.9 Å². The van der Waals surface area contributed by atoms with E-state index >= 15 is 0 Å². The summed E-state index contributed by atoms with van der Waals surface area (Å²) in [7, 11) is 1.66. The summed E-state index contributed by atoms with van der Waals surface area (Å²) in [6.45, 7) is 4.41. The average molecular weight is 517 g/mol. The second-order valence-corrected chi connectivity index (χ2v) is 10.4. The van der Waals surface area contributed by atoms with E-state index in [2.05, 4.69) is 5.32 Å². The van der Waals surface area contributed by atoms with Gasteiger partial charge in [-0.2, -0.15) is 4.47 Å². The van der Waals surface area contributed by atoms with Crippen molar-refractivity contribution in [2.24, 2.45) is 5.92 Å². The number of hydrogen-bond acceptors (Lipinski definition) is 8. The molecule has 8 nitrogen and oxygen atoms in total. The van der Waals surface area contributed by atoms with Crippen LogP contribution in [0, 0.1) is 5.92 Å². The van der Waals surface area contributed by atoms with Crippen molar-refractivity contribution < 1.29 is 19.5 Å². The van der Waals surface area contributed by atoms with E-state index in [4.69, 9.17) is 4.74 Å². The van der Waals surface area contributed by atoms with Gasteiger partial charge in [0.2, 0.25) is 5.91 Å². The van der Waals surface area contributed by atoms with E-state index in [-0.39, 0.29) is 17.7 Å². The highest BCUT2D eigenvalue weighted by molar-refractivity contribution is 8.03. The molecule has 0 radical (unpaired) electrons. The van der Waals surface area contributed by atoms with Crippen molar-refractivity contribution in [3.8, 4) is 0 Å². The lowest BCUT2D eigenvalue weighted by Crippen LogP contribution is -2.38. The van der Waals surface area contributed by atoms with Gasteiger partial charge < -0.3 is 15.0 Å². The molecule has 1 saturated heterocycles. The summed E-state index contributed by atoms with van der Waals surface area (Å²) in [4.78, 5) is 28.1. The molecule has 0 spiro atoms. The third-order valence-corrected chi connectivity index (χ3v) is 8.22. The zero-order chi connectivity index (χ0) is 24.9. The number of methoxy groups -OCH3 is 1. The lowest BCUT2D eigenvalue weighted by atomic mass is 9.98. The molecule has 2 aliphatic rings. The van der Waals surface area contributed by atoms with Crippen LogP contribution in [0.15, 0.2) is 41.4 Å². The van der Waals surface area contributed by atoms with Crippen LogP contribution in [0.1, 0.15) is 36.5 Å². The number of benzene rings is 2. The first-order valence-electron chi connectivity index (χ1n) is 11.8. The van der Waals surface area contributed by atoms with Gasteiger partial charge >= 0.3 is 0 Å². The number of ether oxygens (including phenoxy) is 1. The van der Waals surface area contributed by atoms with Gasteiger partial charge in [-0.25, -0.2) is 4.31 Å². The Morgan fingerprint density at radius 2 is 2.17 bits per heavy atom. The molecule has 0 aromatic heterocycles. The average Bonchev–Trinajstić information content (AvgIpc) is 3.14. The first kappa shape index (κ1) is 25.8. The van der Waals surface area contributed by atoms with E-state index < -0.39 is 0 Å². The number of hydroxylamine groups is 1. The van der Waals surface area contributed by atoms with Crippen molar-refractivity contribution in [3.05, 3.63) is 47.0 Å². The fourth-order valence-electron chi connectivity index (χ4n) is 4.67. The Morgan fingerprint density at radius 1 is 1.34 bits per heavy atom. The fraction of sp³-hybridized carbons (Fsp3) is 0.440. The second kappa shape index (κ2) is 11.7. The number of hydrogen-bond donors (Lipinski definition) is 2. The number of nitrogens with one attached hydrogen (secondary N) is 1. The molecule has 2 aromatic carbocycles. The van der Waals surface area contributed by atoms with Crippen LogP contribution in [-0.4, -0.2) is 65.4 Å². The molecule has 1 fully saturated rings. The number of nitrogens with zero attached hydrogens (tertiary/aromatic N) is 3. The summed E-state index contributed by atoms with van der Waals surface area (Å²) in [5, 5.41) is 16.0. The van der Waals surface area contributed by atoms with Crippen LogP contribution in [0.3, 0.4) is 0 Å². The smallest absolute Gasteiger partial charge is 0.258 e. The van der Waals surface area contributed by atoms with E-state index in [9.17, 15) is 14.8 Å². The number of anilines is 2. The maximum absolute atomic E-state index is 13.2. The van der Waals surface area contributed by atoms with E-state index in [1.807, 2.05) is 53.9 Å². The molecule has 2 heterocycles. The van der Waals surface area contributed by atoms with Gasteiger partial charge in [-0.15, -0.1) is 11.8 Å². The summed E-state index contributed by atoms with van der Waals surface area (Å²) < 4.78 is 8.33. The highest BCUT2D eigenvalue weighted by Gasteiger charge is 2.32. The predicted molar refractivity (Wildman–Crippen MR) is 144 cm³/mol.